The van der Waals surface area contributed by atoms with Gasteiger partial charge in [-0.2, -0.15) is 0 Å². The fraction of sp³-hybridized carbons (Fsp3) is 0.423. The number of benzene rings is 1. The molecular weight excluding hydrogens is 493 g/mol. The zero-order valence-corrected chi connectivity index (χ0v) is 21.5. The standard InChI is InChI=1S/C26H32FN7O4/c1-16(15-38-17(2)35)34(29)24(28)22-6-5-7-23(30-22)31-25(36)20-12-19-14-33(11-8-18(19)13-21(20)27)26(37)32-9-3-4-10-32/h5-7,12-13,16,28H,3-4,8-11,14-15,29H2,1-2H3,(H,30,31,36). The van der Waals surface area contributed by atoms with Crippen molar-refractivity contribution in [2.45, 2.75) is 45.7 Å². The Hall–Kier alpha value is -4.06. The van der Waals surface area contributed by atoms with Gasteiger partial charge in [0.25, 0.3) is 5.91 Å². The average Bonchev–Trinajstić information content (AvgIpc) is 3.45. The fourth-order valence-electron chi connectivity index (χ4n) is 4.52. The number of anilines is 1. The topological polar surface area (TPSA) is 145 Å². The monoisotopic (exact) mass is 525 g/mol. The molecule has 1 aromatic carbocycles. The summed E-state index contributed by atoms with van der Waals surface area (Å²) < 4.78 is 19.8. The minimum atomic E-state index is -0.697. The number of urea groups is 1. The number of halogens is 1. The molecule has 2 aliphatic heterocycles. The van der Waals surface area contributed by atoms with Gasteiger partial charge in [0, 0.05) is 33.1 Å². The van der Waals surface area contributed by atoms with E-state index in [1.807, 2.05) is 4.90 Å². The van der Waals surface area contributed by atoms with Crippen molar-refractivity contribution < 1.29 is 23.5 Å². The van der Waals surface area contributed by atoms with Crippen LogP contribution in [-0.4, -0.2) is 75.8 Å². The molecule has 4 rings (SSSR count). The fourth-order valence-corrected chi connectivity index (χ4v) is 4.52. The molecule has 1 saturated heterocycles. The molecule has 0 saturated carbocycles. The predicted octanol–water partition coefficient (Wildman–Crippen LogP) is 2.50. The third-order valence-electron chi connectivity index (χ3n) is 6.69. The van der Waals surface area contributed by atoms with E-state index in [0.29, 0.717) is 19.5 Å². The molecule has 0 spiro atoms. The largest absolute Gasteiger partial charge is 0.464 e. The number of nitrogens with two attached hydrogens (primary N) is 1. The van der Waals surface area contributed by atoms with Crippen molar-refractivity contribution in [1.82, 2.24) is 19.8 Å². The SMILES string of the molecule is CC(=O)OCC(C)N(N)C(=N)c1cccc(NC(=O)c2cc3c(cc2F)CCN(C(=O)N2CCCC2)C3)n1. The second-order valence-electron chi connectivity index (χ2n) is 9.52. The molecule has 2 aromatic rings. The lowest BCUT2D eigenvalue weighted by molar-refractivity contribution is -0.142. The molecule has 1 fully saturated rings. The van der Waals surface area contributed by atoms with Crippen LogP contribution in [0.25, 0.3) is 0 Å². The zero-order chi connectivity index (χ0) is 27.4. The second-order valence-corrected chi connectivity index (χ2v) is 9.52. The predicted molar refractivity (Wildman–Crippen MR) is 138 cm³/mol. The maximum absolute atomic E-state index is 14.9. The van der Waals surface area contributed by atoms with E-state index < -0.39 is 23.7 Å². The number of fused-ring (bicyclic) bond motifs is 1. The summed E-state index contributed by atoms with van der Waals surface area (Å²) in [5.74, 6) is 4.14. The number of hydrogen-bond acceptors (Lipinski definition) is 7. The van der Waals surface area contributed by atoms with Gasteiger partial charge >= 0.3 is 12.0 Å². The highest BCUT2D eigenvalue weighted by Crippen LogP contribution is 2.25. The number of nitrogens with zero attached hydrogens (tertiary/aromatic N) is 4. The van der Waals surface area contributed by atoms with Gasteiger partial charge in [-0.15, -0.1) is 0 Å². The summed E-state index contributed by atoms with van der Waals surface area (Å²) in [7, 11) is 0. The van der Waals surface area contributed by atoms with Crippen molar-refractivity contribution in [3.05, 3.63) is 58.5 Å². The Morgan fingerprint density at radius 3 is 2.63 bits per heavy atom. The molecule has 0 radical (unpaired) electrons. The summed E-state index contributed by atoms with van der Waals surface area (Å²) in [6.07, 6.45) is 2.51. The van der Waals surface area contributed by atoms with Gasteiger partial charge < -0.3 is 19.9 Å². The van der Waals surface area contributed by atoms with Gasteiger partial charge in [-0.25, -0.2) is 20.0 Å². The number of pyridine rings is 1. The Balaban J connectivity index is 1.45. The normalized spacial score (nSPS) is 15.5. The number of nitrogens with one attached hydrogen (secondary N) is 2. The molecule has 11 nitrogen and oxygen atoms in total. The number of carbonyl (C=O) groups excluding carboxylic acids is 3. The first-order chi connectivity index (χ1) is 18.1. The van der Waals surface area contributed by atoms with Crippen molar-refractivity contribution in [1.29, 1.82) is 5.41 Å². The van der Waals surface area contributed by atoms with E-state index in [9.17, 15) is 18.8 Å². The van der Waals surface area contributed by atoms with Crippen LogP contribution < -0.4 is 11.2 Å². The van der Waals surface area contributed by atoms with Crippen LogP contribution >= 0.6 is 0 Å². The van der Waals surface area contributed by atoms with Crippen LogP contribution in [0.3, 0.4) is 0 Å². The van der Waals surface area contributed by atoms with Gasteiger partial charge in [0.1, 0.15) is 23.9 Å². The molecule has 3 heterocycles. The lowest BCUT2D eigenvalue weighted by Crippen LogP contribution is -2.46. The summed E-state index contributed by atoms with van der Waals surface area (Å²) in [5.41, 5.74) is 1.53. The van der Waals surface area contributed by atoms with E-state index in [1.165, 1.54) is 25.1 Å². The van der Waals surface area contributed by atoms with Crippen LogP contribution in [0.2, 0.25) is 0 Å². The van der Waals surface area contributed by atoms with Crippen molar-refractivity contribution >= 4 is 29.6 Å². The van der Waals surface area contributed by atoms with Crippen LogP contribution in [0, 0.1) is 11.2 Å². The molecule has 1 aromatic heterocycles. The summed E-state index contributed by atoms with van der Waals surface area (Å²) >= 11 is 0. The van der Waals surface area contributed by atoms with E-state index in [0.717, 1.165) is 42.1 Å². The quantitative estimate of drug-likeness (QED) is 0.173. The number of aromatic nitrogens is 1. The molecular formula is C26H32FN7O4. The molecule has 1 unspecified atom stereocenters. The highest BCUT2D eigenvalue weighted by Gasteiger charge is 2.28. The number of likely N-dealkylation sites (tertiary alicyclic amines) is 1. The minimum Gasteiger partial charge on any atom is -0.464 e. The summed E-state index contributed by atoms with van der Waals surface area (Å²) in [5, 5.41) is 12.0. The van der Waals surface area contributed by atoms with Gasteiger partial charge in [-0.05, 0) is 61.6 Å². The first-order valence-electron chi connectivity index (χ1n) is 12.5. The van der Waals surface area contributed by atoms with E-state index in [-0.39, 0.29) is 35.5 Å². The molecule has 0 bridgehead atoms. The van der Waals surface area contributed by atoms with Crippen molar-refractivity contribution in [2.75, 3.05) is 31.6 Å². The number of rotatable bonds is 6. The molecule has 2 aliphatic rings. The first kappa shape index (κ1) is 27.0. The van der Waals surface area contributed by atoms with Crippen LogP contribution in [0.4, 0.5) is 15.0 Å². The zero-order valence-electron chi connectivity index (χ0n) is 21.5. The number of esters is 1. The number of carbonyl (C=O) groups is 3. The number of amidine groups is 1. The van der Waals surface area contributed by atoms with Crippen molar-refractivity contribution in [3.8, 4) is 0 Å². The number of hydrogen-bond donors (Lipinski definition) is 3. The summed E-state index contributed by atoms with van der Waals surface area (Å²) in [4.78, 5) is 44.7. The highest BCUT2D eigenvalue weighted by molar-refractivity contribution is 6.04. The smallest absolute Gasteiger partial charge is 0.320 e. The van der Waals surface area contributed by atoms with E-state index in [1.54, 1.807) is 24.0 Å². The van der Waals surface area contributed by atoms with Gasteiger partial charge in [0.2, 0.25) is 0 Å². The lowest BCUT2D eigenvalue weighted by Gasteiger charge is -2.32. The molecule has 202 valence electrons. The van der Waals surface area contributed by atoms with E-state index in [4.69, 9.17) is 16.0 Å². The molecule has 0 aliphatic carbocycles. The Labute approximate surface area is 220 Å². The third kappa shape index (κ3) is 6.08. The minimum absolute atomic E-state index is 0.0106. The highest BCUT2D eigenvalue weighted by atomic mass is 19.1. The number of hydrazine groups is 1. The maximum atomic E-state index is 14.9. The molecule has 4 N–H and O–H groups in total. The van der Waals surface area contributed by atoms with Crippen LogP contribution in [0.1, 0.15) is 53.9 Å². The Morgan fingerprint density at radius 2 is 1.92 bits per heavy atom. The Bertz CT molecular complexity index is 1250. The van der Waals surface area contributed by atoms with Crippen molar-refractivity contribution in [2.24, 2.45) is 5.84 Å². The maximum Gasteiger partial charge on any atom is 0.320 e. The van der Waals surface area contributed by atoms with Crippen LogP contribution in [0.15, 0.2) is 30.3 Å². The molecule has 1 atom stereocenters. The average molecular weight is 526 g/mol. The van der Waals surface area contributed by atoms with Crippen LogP contribution in [-0.2, 0) is 22.5 Å². The van der Waals surface area contributed by atoms with Crippen LogP contribution in [0.5, 0.6) is 0 Å². The van der Waals surface area contributed by atoms with Gasteiger partial charge in [-0.3, -0.25) is 20.0 Å². The van der Waals surface area contributed by atoms with Crippen molar-refractivity contribution in [3.63, 3.8) is 0 Å². The van der Waals surface area contributed by atoms with E-state index >= 15 is 0 Å². The molecule has 12 heteroatoms. The third-order valence-corrected chi connectivity index (χ3v) is 6.69. The van der Waals surface area contributed by atoms with E-state index in [2.05, 4.69) is 10.3 Å². The number of amides is 3. The number of ether oxygens (including phenoxy) is 1. The lowest BCUT2D eigenvalue weighted by atomic mass is 9.96. The van der Waals surface area contributed by atoms with Gasteiger partial charge in [0.15, 0.2) is 5.84 Å². The Morgan fingerprint density at radius 1 is 1.18 bits per heavy atom. The second kappa shape index (κ2) is 11.5. The summed E-state index contributed by atoms with van der Waals surface area (Å²) in [6, 6.07) is 6.98. The molecule has 38 heavy (non-hydrogen) atoms. The molecule has 3 amide bonds. The summed E-state index contributed by atoms with van der Waals surface area (Å²) in [6.45, 7) is 5.26. The Kier molecular flexibility index (Phi) is 8.20. The first-order valence-corrected chi connectivity index (χ1v) is 12.5. The van der Waals surface area contributed by atoms with Gasteiger partial charge in [0.05, 0.1) is 11.6 Å². The van der Waals surface area contributed by atoms with Gasteiger partial charge in [-0.1, -0.05) is 6.07 Å².